The van der Waals surface area contributed by atoms with Crippen molar-refractivity contribution in [3.63, 3.8) is 0 Å². The Morgan fingerprint density at radius 2 is 2.04 bits per heavy atom. The highest BCUT2D eigenvalue weighted by Gasteiger charge is 2.12. The Bertz CT molecular complexity index is 967. The number of hydrogen-bond donors (Lipinski definition) is 0. The second-order valence-electron chi connectivity index (χ2n) is 5.84. The van der Waals surface area contributed by atoms with Gasteiger partial charge in [0.2, 0.25) is 5.91 Å². The highest BCUT2D eigenvalue weighted by Crippen LogP contribution is 2.36. The molecule has 0 aliphatic rings. The van der Waals surface area contributed by atoms with Gasteiger partial charge in [0.25, 0.3) is 0 Å². The Kier molecular flexibility index (Phi) is 5.98. The third kappa shape index (κ3) is 4.40. The van der Waals surface area contributed by atoms with Crippen molar-refractivity contribution in [1.29, 1.82) is 0 Å². The van der Waals surface area contributed by atoms with Gasteiger partial charge in [0.15, 0.2) is 11.5 Å². The number of para-hydroxylation sites is 1. The van der Waals surface area contributed by atoms with Crippen LogP contribution in [0, 0.1) is 0 Å². The minimum Gasteiger partial charge on any atom is -0.493 e. The lowest BCUT2D eigenvalue weighted by Crippen LogP contribution is -2.23. The molecule has 3 rings (SSSR count). The second-order valence-corrected chi connectivity index (χ2v) is 7.36. The molecule has 0 aliphatic carbocycles. The quantitative estimate of drug-likeness (QED) is 0.563. The number of methoxy groups -OCH3 is 2. The maximum atomic E-state index is 12.4. The number of halogens is 1. The van der Waals surface area contributed by atoms with Gasteiger partial charge in [-0.05, 0) is 35.9 Å². The normalized spacial score (nSPS) is 11.1. The molecule has 140 valence electrons. The summed E-state index contributed by atoms with van der Waals surface area (Å²) in [6.07, 6.45) is 3.20. The van der Waals surface area contributed by atoms with Gasteiger partial charge in [0.05, 0.1) is 36.0 Å². The second kappa shape index (κ2) is 8.41. The molecule has 0 atom stereocenters. The molecule has 0 saturated carbocycles. The molecule has 0 bridgehead atoms. The van der Waals surface area contributed by atoms with Gasteiger partial charge in [-0.25, -0.2) is 4.98 Å². The molecular formula is C20H19ClN2O3S. The molecule has 1 amide bonds. The van der Waals surface area contributed by atoms with Gasteiger partial charge >= 0.3 is 0 Å². The smallest absolute Gasteiger partial charge is 0.246 e. The van der Waals surface area contributed by atoms with Gasteiger partial charge < -0.3 is 14.4 Å². The number of hydrogen-bond acceptors (Lipinski definition) is 5. The highest BCUT2D eigenvalue weighted by atomic mass is 35.5. The molecule has 0 saturated heterocycles. The van der Waals surface area contributed by atoms with Crippen LogP contribution >= 0.6 is 22.9 Å². The number of likely N-dealkylation sites (N-methyl/N-ethyl adjacent to an activating group) is 1. The fraction of sp³-hybridized carbons (Fsp3) is 0.200. The Balaban J connectivity index is 1.71. The number of carbonyl (C=O) groups is 1. The number of amides is 1. The molecule has 1 aromatic heterocycles. The Morgan fingerprint density at radius 1 is 1.26 bits per heavy atom. The first-order valence-electron chi connectivity index (χ1n) is 8.21. The van der Waals surface area contributed by atoms with Crippen LogP contribution in [0.5, 0.6) is 11.5 Å². The summed E-state index contributed by atoms with van der Waals surface area (Å²) in [5.74, 6) is 0.857. The van der Waals surface area contributed by atoms with Crippen molar-refractivity contribution in [3.05, 3.63) is 58.1 Å². The Labute approximate surface area is 166 Å². The van der Waals surface area contributed by atoms with E-state index in [0.717, 1.165) is 20.8 Å². The molecule has 0 aliphatic heterocycles. The highest BCUT2D eigenvalue weighted by molar-refractivity contribution is 7.18. The molecule has 0 spiro atoms. The van der Waals surface area contributed by atoms with Crippen LogP contribution < -0.4 is 9.47 Å². The van der Waals surface area contributed by atoms with E-state index in [9.17, 15) is 4.79 Å². The molecule has 1 heterocycles. The molecule has 2 aromatic carbocycles. The third-order valence-electron chi connectivity index (χ3n) is 3.96. The van der Waals surface area contributed by atoms with Crippen LogP contribution in [0.4, 0.5) is 0 Å². The average Bonchev–Trinajstić information content (AvgIpc) is 3.07. The molecule has 27 heavy (non-hydrogen) atoms. The maximum Gasteiger partial charge on any atom is 0.246 e. The van der Waals surface area contributed by atoms with Crippen molar-refractivity contribution in [2.24, 2.45) is 0 Å². The van der Waals surface area contributed by atoms with Crippen LogP contribution in [0.3, 0.4) is 0 Å². The topological polar surface area (TPSA) is 51.7 Å². The average molecular weight is 403 g/mol. The summed E-state index contributed by atoms with van der Waals surface area (Å²) in [7, 11) is 4.82. The van der Waals surface area contributed by atoms with E-state index in [2.05, 4.69) is 4.98 Å². The van der Waals surface area contributed by atoms with Gasteiger partial charge in [-0.1, -0.05) is 23.7 Å². The van der Waals surface area contributed by atoms with Gasteiger partial charge in [-0.3, -0.25) is 4.79 Å². The van der Waals surface area contributed by atoms with Crippen LogP contribution in [-0.4, -0.2) is 37.1 Å². The van der Waals surface area contributed by atoms with Gasteiger partial charge in [-0.15, -0.1) is 11.3 Å². The van der Waals surface area contributed by atoms with E-state index in [1.165, 1.54) is 13.2 Å². The number of ether oxygens (including phenoxy) is 2. The molecule has 0 unspecified atom stereocenters. The van der Waals surface area contributed by atoms with Crippen molar-refractivity contribution in [3.8, 4) is 11.5 Å². The van der Waals surface area contributed by atoms with E-state index < -0.39 is 0 Å². The lowest BCUT2D eigenvalue weighted by Gasteiger charge is -2.13. The summed E-state index contributed by atoms with van der Waals surface area (Å²) < 4.78 is 11.6. The number of fused-ring (bicyclic) bond motifs is 1. The third-order valence-corrected chi connectivity index (χ3v) is 5.26. The van der Waals surface area contributed by atoms with Crippen LogP contribution in [0.2, 0.25) is 5.02 Å². The standard InChI is InChI=1S/C20H19ClN2O3S/c1-23(12-18-22-15-6-4-5-7-17(15)27-18)19(24)9-8-13-10-14(21)20(26-3)16(11-13)25-2/h4-11H,12H2,1-3H3/b9-8+. The monoisotopic (exact) mass is 402 g/mol. The summed E-state index contributed by atoms with van der Waals surface area (Å²) in [4.78, 5) is 18.6. The molecule has 5 nitrogen and oxygen atoms in total. The van der Waals surface area contributed by atoms with Gasteiger partial charge in [0, 0.05) is 13.1 Å². The Morgan fingerprint density at radius 3 is 2.74 bits per heavy atom. The number of thiazole rings is 1. The summed E-state index contributed by atoms with van der Waals surface area (Å²) >= 11 is 7.79. The van der Waals surface area contributed by atoms with Crippen molar-refractivity contribution in [2.45, 2.75) is 6.54 Å². The fourth-order valence-electron chi connectivity index (χ4n) is 2.60. The zero-order chi connectivity index (χ0) is 19.4. The fourth-order valence-corrected chi connectivity index (χ4v) is 3.91. The first kappa shape index (κ1) is 19.2. The predicted molar refractivity (Wildman–Crippen MR) is 110 cm³/mol. The van der Waals surface area contributed by atoms with Crippen LogP contribution in [0.1, 0.15) is 10.6 Å². The first-order chi connectivity index (χ1) is 13.0. The number of rotatable bonds is 6. The molecule has 7 heteroatoms. The molecular weight excluding hydrogens is 384 g/mol. The van der Waals surface area contributed by atoms with Gasteiger partial charge in [-0.2, -0.15) is 0 Å². The van der Waals surface area contributed by atoms with E-state index in [4.69, 9.17) is 21.1 Å². The van der Waals surface area contributed by atoms with Crippen molar-refractivity contribution < 1.29 is 14.3 Å². The summed E-state index contributed by atoms with van der Waals surface area (Å²) in [6.45, 7) is 0.454. The van der Waals surface area contributed by atoms with E-state index in [1.54, 1.807) is 48.6 Å². The minimum absolute atomic E-state index is 0.125. The van der Waals surface area contributed by atoms with Crippen molar-refractivity contribution >= 4 is 45.1 Å². The molecule has 0 radical (unpaired) electrons. The largest absolute Gasteiger partial charge is 0.493 e. The number of aromatic nitrogens is 1. The summed E-state index contributed by atoms with van der Waals surface area (Å²) in [6, 6.07) is 11.4. The van der Waals surface area contributed by atoms with Crippen molar-refractivity contribution in [1.82, 2.24) is 9.88 Å². The van der Waals surface area contributed by atoms with Crippen LogP contribution in [0.25, 0.3) is 16.3 Å². The predicted octanol–water partition coefficient (Wildman–Crippen LogP) is 4.64. The number of benzene rings is 2. The lowest BCUT2D eigenvalue weighted by atomic mass is 10.2. The van der Waals surface area contributed by atoms with Crippen molar-refractivity contribution in [2.75, 3.05) is 21.3 Å². The van der Waals surface area contributed by atoms with Crippen LogP contribution in [-0.2, 0) is 11.3 Å². The molecule has 3 aromatic rings. The minimum atomic E-state index is -0.125. The van der Waals surface area contributed by atoms with E-state index in [0.29, 0.717) is 23.1 Å². The first-order valence-corrected chi connectivity index (χ1v) is 9.40. The maximum absolute atomic E-state index is 12.4. The summed E-state index contributed by atoms with van der Waals surface area (Å²) in [5.41, 5.74) is 1.70. The Hall–Kier alpha value is -2.57. The zero-order valence-corrected chi connectivity index (χ0v) is 16.8. The lowest BCUT2D eigenvalue weighted by molar-refractivity contribution is -0.125. The van der Waals surface area contributed by atoms with E-state index in [-0.39, 0.29) is 5.91 Å². The summed E-state index contributed by atoms with van der Waals surface area (Å²) in [5, 5.41) is 1.32. The molecule has 0 fully saturated rings. The van der Waals surface area contributed by atoms with E-state index >= 15 is 0 Å². The van der Waals surface area contributed by atoms with Crippen LogP contribution in [0.15, 0.2) is 42.5 Å². The molecule has 0 N–H and O–H groups in total. The zero-order valence-electron chi connectivity index (χ0n) is 15.2. The van der Waals surface area contributed by atoms with Gasteiger partial charge in [0.1, 0.15) is 5.01 Å². The van der Waals surface area contributed by atoms with E-state index in [1.807, 2.05) is 24.3 Å². The SMILES string of the molecule is COc1cc(/C=C/C(=O)N(C)Cc2nc3ccccc3s2)cc(Cl)c1OC. The number of carbonyl (C=O) groups excluding carboxylic acids is 1. The number of nitrogens with zero attached hydrogens (tertiary/aromatic N) is 2.